The molecule has 0 spiro atoms. The highest BCUT2D eigenvalue weighted by atomic mass is 79.9. The van der Waals surface area contributed by atoms with E-state index in [2.05, 4.69) is 61.3 Å². The number of aromatic nitrogens is 3. The first-order valence-electron chi connectivity index (χ1n) is 10.1. The first-order chi connectivity index (χ1) is 14.5. The van der Waals surface area contributed by atoms with E-state index in [1.807, 2.05) is 17.9 Å². The number of rotatable bonds is 5. The Morgan fingerprint density at radius 3 is 2.87 bits per heavy atom. The number of aryl methyl sites for hydroxylation is 2. The van der Waals surface area contributed by atoms with Gasteiger partial charge in [0.05, 0.1) is 20.4 Å². The molecule has 3 aromatic rings. The number of hydrogen-bond donors (Lipinski definition) is 1. The summed E-state index contributed by atoms with van der Waals surface area (Å²) in [6.07, 6.45) is 4.64. The SMILES string of the molecule is Cc1cccc(-c2sc(C)nc2C(=O)N2C[C@@H]3C[C@@H]3[C@H]2CNc2ncc(Br)cn2)c1. The molecule has 1 aliphatic carbocycles. The Balaban J connectivity index is 1.38. The smallest absolute Gasteiger partial charge is 0.274 e. The molecule has 1 N–H and O–H groups in total. The van der Waals surface area contributed by atoms with Gasteiger partial charge in [-0.05, 0) is 53.6 Å². The van der Waals surface area contributed by atoms with Crippen LogP contribution in [0.1, 0.15) is 27.5 Å². The Labute approximate surface area is 187 Å². The van der Waals surface area contributed by atoms with E-state index < -0.39 is 0 Å². The molecule has 0 bridgehead atoms. The predicted octanol–water partition coefficient (Wildman–Crippen LogP) is 4.55. The van der Waals surface area contributed by atoms with Gasteiger partial charge < -0.3 is 10.2 Å². The van der Waals surface area contributed by atoms with Crippen LogP contribution in [0.3, 0.4) is 0 Å². The number of halogens is 1. The van der Waals surface area contributed by atoms with Crippen molar-refractivity contribution in [2.45, 2.75) is 26.3 Å². The van der Waals surface area contributed by atoms with Gasteiger partial charge in [0.2, 0.25) is 5.95 Å². The molecule has 1 saturated heterocycles. The molecule has 0 radical (unpaired) electrons. The van der Waals surface area contributed by atoms with Gasteiger partial charge in [-0.3, -0.25) is 4.79 Å². The largest absolute Gasteiger partial charge is 0.352 e. The second-order valence-corrected chi connectivity index (χ2v) is 10.2. The molecule has 0 unspecified atom stereocenters. The standard InChI is InChI=1S/C22H22BrN5OS/c1-12-4-3-5-14(6-12)20-19(27-13(2)30-20)21(29)28-11-15-7-17(15)18(28)10-26-22-24-8-16(23)9-25-22/h3-6,8-9,15,17-18H,7,10-11H2,1-2H3,(H,24,25,26)/t15-,17-,18+/m0/s1. The summed E-state index contributed by atoms with van der Waals surface area (Å²) in [4.78, 5) is 29.8. The van der Waals surface area contributed by atoms with Crippen molar-refractivity contribution in [3.8, 4) is 10.4 Å². The Hall–Kier alpha value is -2.32. The number of anilines is 1. The van der Waals surface area contributed by atoms with Gasteiger partial charge in [0.15, 0.2) is 0 Å². The van der Waals surface area contributed by atoms with E-state index in [0.29, 0.717) is 30.0 Å². The zero-order valence-electron chi connectivity index (χ0n) is 16.8. The van der Waals surface area contributed by atoms with Crippen molar-refractivity contribution < 1.29 is 4.79 Å². The quantitative estimate of drug-likeness (QED) is 0.576. The minimum atomic E-state index is 0.0339. The summed E-state index contributed by atoms with van der Waals surface area (Å²) in [7, 11) is 0. The highest BCUT2D eigenvalue weighted by Gasteiger charge is 2.54. The molecule has 1 saturated carbocycles. The summed E-state index contributed by atoms with van der Waals surface area (Å²) in [5, 5.41) is 4.23. The number of fused-ring (bicyclic) bond motifs is 1. The van der Waals surface area contributed by atoms with Crippen molar-refractivity contribution in [3.05, 3.63) is 57.4 Å². The van der Waals surface area contributed by atoms with Crippen LogP contribution in [0, 0.1) is 25.7 Å². The van der Waals surface area contributed by atoms with Gasteiger partial charge in [0, 0.05) is 25.5 Å². The van der Waals surface area contributed by atoms with Gasteiger partial charge in [-0.15, -0.1) is 11.3 Å². The molecule has 3 atom stereocenters. The minimum absolute atomic E-state index is 0.0339. The maximum absolute atomic E-state index is 13.6. The van der Waals surface area contributed by atoms with Gasteiger partial charge >= 0.3 is 0 Å². The Kier molecular flexibility index (Phi) is 5.06. The molecule has 3 heterocycles. The summed E-state index contributed by atoms with van der Waals surface area (Å²) in [6, 6.07) is 8.42. The van der Waals surface area contributed by atoms with E-state index in [9.17, 15) is 4.79 Å². The van der Waals surface area contributed by atoms with Crippen molar-refractivity contribution in [1.29, 1.82) is 0 Å². The first kappa shape index (κ1) is 19.6. The molecule has 1 amide bonds. The number of likely N-dealkylation sites (tertiary alicyclic amines) is 1. The highest BCUT2D eigenvalue weighted by molar-refractivity contribution is 9.10. The summed E-state index contributed by atoms with van der Waals surface area (Å²) >= 11 is 4.94. The Morgan fingerprint density at radius 1 is 1.30 bits per heavy atom. The predicted molar refractivity (Wildman–Crippen MR) is 122 cm³/mol. The van der Waals surface area contributed by atoms with Crippen LogP contribution in [0.15, 0.2) is 41.1 Å². The number of nitrogens with zero attached hydrogens (tertiary/aromatic N) is 4. The molecular formula is C22H22BrN5OS. The molecule has 154 valence electrons. The maximum Gasteiger partial charge on any atom is 0.274 e. The number of thiazole rings is 1. The maximum atomic E-state index is 13.6. The van der Waals surface area contributed by atoms with Crippen molar-refractivity contribution in [3.63, 3.8) is 0 Å². The zero-order chi connectivity index (χ0) is 20.8. The first-order valence-corrected chi connectivity index (χ1v) is 11.7. The minimum Gasteiger partial charge on any atom is -0.352 e. The average Bonchev–Trinajstić information content (AvgIpc) is 3.24. The van der Waals surface area contributed by atoms with Gasteiger partial charge in [0.25, 0.3) is 5.91 Å². The fourth-order valence-corrected chi connectivity index (χ4v) is 5.47. The highest BCUT2D eigenvalue weighted by Crippen LogP contribution is 2.50. The lowest BCUT2D eigenvalue weighted by Gasteiger charge is -2.27. The van der Waals surface area contributed by atoms with Crippen molar-refractivity contribution in [1.82, 2.24) is 19.9 Å². The molecular weight excluding hydrogens is 462 g/mol. The molecule has 2 aliphatic rings. The third-order valence-corrected chi connectivity index (χ3v) is 7.30. The summed E-state index contributed by atoms with van der Waals surface area (Å²) in [5.41, 5.74) is 2.82. The van der Waals surface area contributed by atoms with Crippen molar-refractivity contribution in [2.24, 2.45) is 11.8 Å². The fraction of sp³-hybridized carbons (Fsp3) is 0.364. The van der Waals surface area contributed by atoms with Gasteiger partial charge in [-0.2, -0.15) is 0 Å². The molecule has 2 aromatic heterocycles. The normalized spacial score (nSPS) is 22.1. The molecule has 8 heteroatoms. The van der Waals surface area contributed by atoms with Gasteiger partial charge in [-0.25, -0.2) is 15.0 Å². The van der Waals surface area contributed by atoms with Crippen LogP contribution < -0.4 is 5.32 Å². The zero-order valence-corrected chi connectivity index (χ0v) is 19.2. The van der Waals surface area contributed by atoms with Crippen LogP contribution in [0.4, 0.5) is 5.95 Å². The lowest BCUT2D eigenvalue weighted by molar-refractivity contribution is 0.0711. The molecule has 6 nitrogen and oxygen atoms in total. The number of nitrogens with one attached hydrogen (secondary N) is 1. The van der Waals surface area contributed by atoms with E-state index in [4.69, 9.17) is 0 Å². The van der Waals surface area contributed by atoms with E-state index in [1.165, 1.54) is 12.0 Å². The topological polar surface area (TPSA) is 71.0 Å². The summed E-state index contributed by atoms with van der Waals surface area (Å²) in [5.74, 6) is 1.78. The van der Waals surface area contributed by atoms with Crippen LogP contribution in [0.25, 0.3) is 10.4 Å². The Bertz CT molecular complexity index is 1100. The van der Waals surface area contributed by atoms with Crippen LogP contribution in [0.5, 0.6) is 0 Å². The van der Waals surface area contributed by atoms with Crippen LogP contribution >= 0.6 is 27.3 Å². The van der Waals surface area contributed by atoms with Crippen LogP contribution in [-0.4, -0.2) is 44.9 Å². The molecule has 2 fully saturated rings. The third-order valence-electron chi connectivity index (χ3n) is 5.87. The van der Waals surface area contributed by atoms with Gasteiger partial charge in [-0.1, -0.05) is 29.8 Å². The monoisotopic (exact) mass is 483 g/mol. The van der Waals surface area contributed by atoms with E-state index in [0.717, 1.165) is 26.5 Å². The second-order valence-electron chi connectivity index (χ2n) is 8.07. The number of benzene rings is 1. The van der Waals surface area contributed by atoms with E-state index >= 15 is 0 Å². The number of carbonyl (C=O) groups is 1. The van der Waals surface area contributed by atoms with Gasteiger partial charge in [0.1, 0.15) is 5.69 Å². The van der Waals surface area contributed by atoms with Crippen molar-refractivity contribution in [2.75, 3.05) is 18.4 Å². The fourth-order valence-electron chi connectivity index (χ4n) is 4.36. The van der Waals surface area contributed by atoms with E-state index in [-0.39, 0.29) is 11.9 Å². The third kappa shape index (κ3) is 3.74. The average molecular weight is 484 g/mol. The molecule has 1 aliphatic heterocycles. The Morgan fingerprint density at radius 2 is 2.10 bits per heavy atom. The lowest BCUT2D eigenvalue weighted by atomic mass is 10.1. The van der Waals surface area contributed by atoms with Crippen LogP contribution in [-0.2, 0) is 0 Å². The number of piperidine rings is 1. The molecule has 1 aromatic carbocycles. The number of amides is 1. The second kappa shape index (κ2) is 7.74. The molecule has 30 heavy (non-hydrogen) atoms. The number of carbonyl (C=O) groups excluding carboxylic acids is 1. The van der Waals surface area contributed by atoms with Crippen molar-refractivity contribution >= 4 is 39.1 Å². The van der Waals surface area contributed by atoms with E-state index in [1.54, 1.807) is 23.7 Å². The summed E-state index contributed by atoms with van der Waals surface area (Å²) in [6.45, 7) is 5.49. The molecule has 5 rings (SSSR count). The lowest BCUT2D eigenvalue weighted by Crippen LogP contribution is -2.42. The number of hydrogen-bond acceptors (Lipinski definition) is 6. The summed E-state index contributed by atoms with van der Waals surface area (Å²) < 4.78 is 0.843. The van der Waals surface area contributed by atoms with Crippen LogP contribution in [0.2, 0.25) is 0 Å².